The molecular formula is C36H69NO10. The molecule has 1 heterocycles. The zero-order valence-electron chi connectivity index (χ0n) is 29.3. The second kappa shape index (κ2) is 27.6. The van der Waals surface area contributed by atoms with E-state index in [0.717, 1.165) is 38.5 Å². The van der Waals surface area contributed by atoms with Crippen LogP contribution in [0.3, 0.4) is 0 Å². The standard InChI is InChI=1S/C36H69NO10/c1-3-5-7-9-11-13-14-15-16-18-20-22-24-29(40)35(45)37-27(26-46-36-34(44)33(43)32(42)30(25-38)47-36)31(41)28(39)23-21-19-17-12-10-8-6-4-2/h15-16,27-34,36,38-44H,3-14,17-26H2,1-2H3,(H,37,45)/b16-15-. The summed E-state index contributed by atoms with van der Waals surface area (Å²) in [4.78, 5) is 12.9. The van der Waals surface area contributed by atoms with Gasteiger partial charge in [-0.15, -0.1) is 0 Å². The van der Waals surface area contributed by atoms with Crippen molar-refractivity contribution in [2.75, 3.05) is 13.2 Å². The van der Waals surface area contributed by atoms with E-state index in [1.807, 2.05) is 0 Å². The van der Waals surface area contributed by atoms with E-state index in [-0.39, 0.29) is 6.42 Å². The van der Waals surface area contributed by atoms with Crippen molar-refractivity contribution in [1.29, 1.82) is 0 Å². The van der Waals surface area contributed by atoms with Gasteiger partial charge >= 0.3 is 0 Å². The predicted octanol–water partition coefficient (Wildman–Crippen LogP) is 3.77. The van der Waals surface area contributed by atoms with Crippen LogP contribution < -0.4 is 5.32 Å². The largest absolute Gasteiger partial charge is 0.394 e. The lowest BCUT2D eigenvalue weighted by Crippen LogP contribution is -2.60. The van der Waals surface area contributed by atoms with Crippen molar-refractivity contribution < 1.29 is 50.0 Å². The number of rotatable bonds is 29. The highest BCUT2D eigenvalue weighted by Crippen LogP contribution is 2.23. The molecule has 1 amide bonds. The third kappa shape index (κ3) is 19.0. The highest BCUT2D eigenvalue weighted by atomic mass is 16.7. The van der Waals surface area contributed by atoms with Gasteiger partial charge in [0.05, 0.1) is 25.4 Å². The number of aliphatic hydroxyl groups excluding tert-OH is 7. The number of hydrogen-bond donors (Lipinski definition) is 8. The predicted molar refractivity (Wildman–Crippen MR) is 182 cm³/mol. The van der Waals surface area contributed by atoms with Gasteiger partial charge < -0.3 is 50.5 Å². The highest BCUT2D eigenvalue weighted by Gasteiger charge is 2.44. The number of allylic oxidation sites excluding steroid dienone is 2. The van der Waals surface area contributed by atoms with E-state index in [0.29, 0.717) is 19.3 Å². The van der Waals surface area contributed by atoms with Crippen molar-refractivity contribution in [3.05, 3.63) is 12.2 Å². The molecule has 1 aliphatic rings. The summed E-state index contributed by atoms with van der Waals surface area (Å²) in [7, 11) is 0. The van der Waals surface area contributed by atoms with Crippen molar-refractivity contribution in [3.8, 4) is 0 Å². The van der Waals surface area contributed by atoms with Crippen molar-refractivity contribution in [2.24, 2.45) is 0 Å². The van der Waals surface area contributed by atoms with E-state index >= 15 is 0 Å². The number of aliphatic hydroxyl groups is 7. The summed E-state index contributed by atoms with van der Waals surface area (Å²) in [5, 5.41) is 74.9. The Hall–Kier alpha value is -1.15. The first-order chi connectivity index (χ1) is 22.7. The van der Waals surface area contributed by atoms with E-state index in [4.69, 9.17) is 9.47 Å². The molecule has 11 heteroatoms. The Kier molecular flexibility index (Phi) is 25.8. The van der Waals surface area contributed by atoms with Crippen LogP contribution in [0.2, 0.25) is 0 Å². The summed E-state index contributed by atoms with van der Waals surface area (Å²) in [6, 6.07) is -1.17. The molecule has 1 fully saturated rings. The van der Waals surface area contributed by atoms with Gasteiger partial charge in [0.25, 0.3) is 0 Å². The molecule has 1 saturated heterocycles. The fourth-order valence-electron chi connectivity index (χ4n) is 5.84. The number of amides is 1. The average molecular weight is 676 g/mol. The van der Waals surface area contributed by atoms with Crippen LogP contribution >= 0.6 is 0 Å². The zero-order chi connectivity index (χ0) is 34.9. The Morgan fingerprint density at radius 3 is 1.81 bits per heavy atom. The Balaban J connectivity index is 2.61. The minimum atomic E-state index is -1.66. The second-order valence-electron chi connectivity index (χ2n) is 13.3. The van der Waals surface area contributed by atoms with Gasteiger partial charge in [0.2, 0.25) is 5.91 Å². The first-order valence-corrected chi connectivity index (χ1v) is 18.6. The third-order valence-electron chi connectivity index (χ3n) is 9.07. The number of ether oxygens (including phenoxy) is 2. The Bertz CT molecular complexity index is 785. The van der Waals surface area contributed by atoms with Crippen LogP contribution in [0.4, 0.5) is 0 Å². The molecule has 278 valence electrons. The van der Waals surface area contributed by atoms with E-state index in [1.165, 1.54) is 64.2 Å². The number of carbonyl (C=O) groups is 1. The summed E-state index contributed by atoms with van der Waals surface area (Å²) >= 11 is 0. The van der Waals surface area contributed by atoms with E-state index in [9.17, 15) is 40.5 Å². The smallest absolute Gasteiger partial charge is 0.249 e. The topological polar surface area (TPSA) is 189 Å². The molecule has 9 atom stereocenters. The van der Waals surface area contributed by atoms with Gasteiger partial charge in [0, 0.05) is 0 Å². The molecule has 8 N–H and O–H groups in total. The molecule has 1 rings (SSSR count). The average Bonchev–Trinajstić information content (AvgIpc) is 3.07. The summed E-state index contributed by atoms with van der Waals surface area (Å²) in [6.45, 7) is 3.33. The van der Waals surface area contributed by atoms with Gasteiger partial charge in [-0.25, -0.2) is 0 Å². The van der Waals surface area contributed by atoms with Crippen LogP contribution in [0.1, 0.15) is 142 Å². The molecule has 47 heavy (non-hydrogen) atoms. The monoisotopic (exact) mass is 675 g/mol. The maximum absolute atomic E-state index is 12.9. The molecule has 11 nitrogen and oxygen atoms in total. The molecule has 0 spiro atoms. The van der Waals surface area contributed by atoms with Crippen molar-refractivity contribution in [2.45, 2.75) is 197 Å². The first kappa shape index (κ1) is 43.9. The number of nitrogens with one attached hydrogen (secondary N) is 1. The summed E-state index contributed by atoms with van der Waals surface area (Å²) in [5.41, 5.74) is 0. The number of unbranched alkanes of at least 4 members (excludes halogenated alkanes) is 15. The summed E-state index contributed by atoms with van der Waals surface area (Å²) in [5.74, 6) is -0.718. The van der Waals surface area contributed by atoms with Crippen LogP contribution in [0.25, 0.3) is 0 Å². The Morgan fingerprint density at radius 1 is 0.723 bits per heavy atom. The van der Waals surface area contributed by atoms with Gasteiger partial charge in [0.1, 0.15) is 36.6 Å². The van der Waals surface area contributed by atoms with E-state index in [2.05, 4.69) is 31.3 Å². The molecule has 0 radical (unpaired) electrons. The molecule has 0 aromatic carbocycles. The minimum absolute atomic E-state index is 0.230. The first-order valence-electron chi connectivity index (χ1n) is 18.6. The molecule has 0 aromatic heterocycles. The van der Waals surface area contributed by atoms with Crippen LogP contribution in [-0.2, 0) is 14.3 Å². The van der Waals surface area contributed by atoms with Crippen LogP contribution in [0, 0.1) is 0 Å². The van der Waals surface area contributed by atoms with Gasteiger partial charge in [0.15, 0.2) is 6.29 Å². The molecule has 1 aliphatic heterocycles. The lowest BCUT2D eigenvalue weighted by atomic mass is 9.98. The van der Waals surface area contributed by atoms with Crippen LogP contribution in [-0.4, -0.2) is 110 Å². The molecule has 0 bridgehead atoms. The fourth-order valence-corrected chi connectivity index (χ4v) is 5.84. The molecule has 0 aromatic rings. The highest BCUT2D eigenvalue weighted by molar-refractivity contribution is 5.80. The third-order valence-corrected chi connectivity index (χ3v) is 9.07. The molecule has 0 aliphatic carbocycles. The van der Waals surface area contributed by atoms with Gasteiger partial charge in [-0.3, -0.25) is 4.79 Å². The van der Waals surface area contributed by atoms with Crippen LogP contribution in [0.15, 0.2) is 12.2 Å². The lowest BCUT2D eigenvalue weighted by molar-refractivity contribution is -0.303. The summed E-state index contributed by atoms with van der Waals surface area (Å²) in [6.07, 6.45) is 13.0. The fraction of sp³-hybridized carbons (Fsp3) is 0.917. The van der Waals surface area contributed by atoms with Crippen molar-refractivity contribution in [1.82, 2.24) is 5.32 Å². The molecule has 0 saturated carbocycles. The normalized spacial score (nSPS) is 24.3. The summed E-state index contributed by atoms with van der Waals surface area (Å²) < 4.78 is 11.0. The maximum atomic E-state index is 12.9. The molecular weight excluding hydrogens is 606 g/mol. The van der Waals surface area contributed by atoms with E-state index < -0.39 is 74.2 Å². The second-order valence-corrected chi connectivity index (χ2v) is 13.3. The maximum Gasteiger partial charge on any atom is 0.249 e. The Morgan fingerprint density at radius 2 is 1.23 bits per heavy atom. The van der Waals surface area contributed by atoms with Gasteiger partial charge in [-0.1, -0.05) is 116 Å². The number of hydrogen-bond acceptors (Lipinski definition) is 10. The van der Waals surface area contributed by atoms with Crippen molar-refractivity contribution in [3.63, 3.8) is 0 Å². The van der Waals surface area contributed by atoms with Gasteiger partial charge in [-0.05, 0) is 38.5 Å². The zero-order valence-corrected chi connectivity index (χ0v) is 29.3. The van der Waals surface area contributed by atoms with Crippen molar-refractivity contribution >= 4 is 5.91 Å². The molecule has 9 unspecified atom stereocenters. The van der Waals surface area contributed by atoms with E-state index in [1.54, 1.807) is 0 Å². The minimum Gasteiger partial charge on any atom is -0.394 e. The number of carbonyl (C=O) groups excluding carboxylic acids is 1. The SMILES string of the molecule is CCCCCCCC/C=C\CCCCC(O)C(=O)NC(COC1OC(CO)C(O)C(O)C1O)C(O)C(O)CCCCCCCCCC. The Labute approximate surface area is 283 Å². The van der Waals surface area contributed by atoms with Gasteiger partial charge in [-0.2, -0.15) is 0 Å². The quantitative estimate of drug-likeness (QED) is 0.0428. The lowest BCUT2D eigenvalue weighted by Gasteiger charge is -2.40. The van der Waals surface area contributed by atoms with Crippen LogP contribution in [0.5, 0.6) is 0 Å².